The lowest BCUT2D eigenvalue weighted by Crippen LogP contribution is -2.24. The number of rotatable bonds is 9. The van der Waals surface area contributed by atoms with Gasteiger partial charge in [-0.3, -0.25) is 0 Å². The molecule has 1 rings (SSSR count). The minimum Gasteiger partial charge on any atom is -0.353 e. The van der Waals surface area contributed by atoms with Crippen LogP contribution < -0.4 is 5.32 Å². The number of halogens is 1. The molecule has 1 heterocycles. The van der Waals surface area contributed by atoms with Crippen LogP contribution in [0.1, 0.15) is 25.1 Å². The van der Waals surface area contributed by atoms with Crippen LogP contribution >= 0.6 is 27.3 Å². The summed E-state index contributed by atoms with van der Waals surface area (Å²) in [6.07, 6.45) is 0.807. The summed E-state index contributed by atoms with van der Waals surface area (Å²) < 4.78 is 12.1. The van der Waals surface area contributed by atoms with Gasteiger partial charge in [0, 0.05) is 37.6 Å². The van der Waals surface area contributed by atoms with E-state index >= 15 is 0 Å². The van der Waals surface area contributed by atoms with E-state index in [0.717, 1.165) is 19.5 Å². The first-order valence-corrected chi connectivity index (χ1v) is 7.55. The second-order valence-corrected chi connectivity index (χ2v) is 6.06. The fourth-order valence-corrected chi connectivity index (χ4v) is 2.92. The van der Waals surface area contributed by atoms with E-state index in [1.54, 1.807) is 11.3 Å². The summed E-state index contributed by atoms with van der Waals surface area (Å²) in [6, 6.07) is 4.20. The van der Waals surface area contributed by atoms with Gasteiger partial charge in [0.15, 0.2) is 6.29 Å². The highest BCUT2D eigenvalue weighted by Gasteiger charge is 2.06. The molecule has 0 aliphatic carbocycles. The predicted molar refractivity (Wildman–Crippen MR) is 75.4 cm³/mol. The largest absolute Gasteiger partial charge is 0.353 e. The molecule has 0 bridgehead atoms. The minimum atomic E-state index is -0.0763. The molecule has 98 valence electrons. The Morgan fingerprint density at radius 2 is 2.00 bits per heavy atom. The van der Waals surface area contributed by atoms with Gasteiger partial charge < -0.3 is 14.8 Å². The first-order valence-electron chi connectivity index (χ1n) is 5.94. The molecule has 0 aliphatic rings. The van der Waals surface area contributed by atoms with Gasteiger partial charge in [-0.05, 0) is 41.9 Å². The summed E-state index contributed by atoms with van der Waals surface area (Å²) in [5.74, 6) is 0. The number of hydrogen-bond donors (Lipinski definition) is 1. The Labute approximate surface area is 116 Å². The van der Waals surface area contributed by atoms with E-state index < -0.39 is 0 Å². The molecule has 0 aromatic carbocycles. The van der Waals surface area contributed by atoms with Gasteiger partial charge in [-0.2, -0.15) is 0 Å². The molecule has 0 radical (unpaired) electrons. The molecule has 0 unspecified atom stereocenters. The van der Waals surface area contributed by atoms with Crippen molar-refractivity contribution in [1.29, 1.82) is 0 Å². The van der Waals surface area contributed by atoms with Crippen molar-refractivity contribution in [2.45, 2.75) is 33.1 Å². The fourth-order valence-electron chi connectivity index (χ4n) is 1.46. The molecule has 0 amide bonds. The van der Waals surface area contributed by atoms with Crippen molar-refractivity contribution in [2.75, 3.05) is 19.8 Å². The standard InChI is InChI=1S/C12H20BrNO2S/c1-3-15-12(16-4-2)7-8-14-9-10-5-6-11(13)17-10/h5-6,12,14H,3-4,7-9H2,1-2H3. The minimum absolute atomic E-state index is 0.0763. The highest BCUT2D eigenvalue weighted by Crippen LogP contribution is 2.21. The molecule has 0 atom stereocenters. The quantitative estimate of drug-likeness (QED) is 0.558. The lowest BCUT2D eigenvalue weighted by Gasteiger charge is -2.16. The van der Waals surface area contributed by atoms with E-state index in [1.165, 1.54) is 8.66 Å². The molecule has 0 saturated heterocycles. The monoisotopic (exact) mass is 321 g/mol. The van der Waals surface area contributed by atoms with Gasteiger partial charge in [-0.15, -0.1) is 11.3 Å². The normalized spacial score (nSPS) is 11.3. The summed E-state index contributed by atoms with van der Waals surface area (Å²) in [7, 11) is 0. The Balaban J connectivity index is 2.13. The van der Waals surface area contributed by atoms with Crippen molar-refractivity contribution in [3.05, 3.63) is 20.8 Å². The van der Waals surface area contributed by atoms with E-state index in [2.05, 4.69) is 33.4 Å². The molecule has 3 nitrogen and oxygen atoms in total. The maximum Gasteiger partial charge on any atom is 0.158 e. The lowest BCUT2D eigenvalue weighted by molar-refractivity contribution is -0.138. The van der Waals surface area contributed by atoms with Crippen LogP contribution in [-0.2, 0) is 16.0 Å². The molecule has 0 saturated carbocycles. The molecule has 1 N–H and O–H groups in total. The summed E-state index contributed by atoms with van der Waals surface area (Å²) in [5, 5.41) is 3.39. The van der Waals surface area contributed by atoms with Crippen molar-refractivity contribution < 1.29 is 9.47 Å². The molecule has 5 heteroatoms. The van der Waals surface area contributed by atoms with Crippen molar-refractivity contribution >= 4 is 27.3 Å². The van der Waals surface area contributed by atoms with E-state index in [0.29, 0.717) is 13.2 Å². The number of ether oxygens (including phenoxy) is 2. The molecule has 0 spiro atoms. The zero-order valence-electron chi connectivity index (χ0n) is 10.4. The van der Waals surface area contributed by atoms with Crippen LogP contribution in [0.2, 0.25) is 0 Å². The third kappa shape index (κ3) is 6.52. The third-order valence-electron chi connectivity index (χ3n) is 2.19. The van der Waals surface area contributed by atoms with Crippen LogP contribution in [-0.4, -0.2) is 26.0 Å². The zero-order chi connectivity index (χ0) is 12.5. The van der Waals surface area contributed by atoms with Crippen LogP contribution in [0, 0.1) is 0 Å². The Morgan fingerprint density at radius 1 is 1.29 bits per heavy atom. The average Bonchev–Trinajstić information content (AvgIpc) is 2.71. The molecule has 0 aliphatic heterocycles. The first-order chi connectivity index (χ1) is 8.26. The van der Waals surface area contributed by atoms with Gasteiger partial charge in [-0.25, -0.2) is 0 Å². The van der Waals surface area contributed by atoms with Crippen molar-refractivity contribution in [3.8, 4) is 0 Å². The smallest absolute Gasteiger partial charge is 0.158 e. The number of nitrogens with one attached hydrogen (secondary N) is 1. The van der Waals surface area contributed by atoms with E-state index in [9.17, 15) is 0 Å². The lowest BCUT2D eigenvalue weighted by atomic mass is 10.4. The maximum absolute atomic E-state index is 5.47. The van der Waals surface area contributed by atoms with E-state index in [1.807, 2.05) is 13.8 Å². The Morgan fingerprint density at radius 3 is 2.53 bits per heavy atom. The molecule has 1 aromatic heterocycles. The van der Waals surface area contributed by atoms with Gasteiger partial charge in [0.2, 0.25) is 0 Å². The van der Waals surface area contributed by atoms with Crippen LogP contribution in [0.25, 0.3) is 0 Å². The zero-order valence-corrected chi connectivity index (χ0v) is 12.8. The van der Waals surface area contributed by atoms with Gasteiger partial charge in [-0.1, -0.05) is 0 Å². The van der Waals surface area contributed by atoms with Crippen molar-refractivity contribution in [2.24, 2.45) is 0 Å². The molecule has 17 heavy (non-hydrogen) atoms. The van der Waals surface area contributed by atoms with Crippen LogP contribution in [0.15, 0.2) is 15.9 Å². The summed E-state index contributed by atoms with van der Waals surface area (Å²) >= 11 is 5.21. The van der Waals surface area contributed by atoms with Gasteiger partial charge in [0.1, 0.15) is 0 Å². The highest BCUT2D eigenvalue weighted by molar-refractivity contribution is 9.11. The van der Waals surface area contributed by atoms with Crippen molar-refractivity contribution in [3.63, 3.8) is 0 Å². The summed E-state index contributed by atoms with van der Waals surface area (Å²) in [4.78, 5) is 1.33. The van der Waals surface area contributed by atoms with Gasteiger partial charge >= 0.3 is 0 Å². The van der Waals surface area contributed by atoms with Crippen molar-refractivity contribution in [1.82, 2.24) is 5.32 Å². The molecule has 0 fully saturated rings. The van der Waals surface area contributed by atoms with E-state index in [-0.39, 0.29) is 6.29 Å². The highest BCUT2D eigenvalue weighted by atomic mass is 79.9. The molecule has 1 aromatic rings. The average molecular weight is 322 g/mol. The Bertz CT molecular complexity index is 300. The summed E-state index contributed by atoms with van der Waals surface area (Å²) in [6.45, 7) is 7.18. The van der Waals surface area contributed by atoms with Crippen LogP contribution in [0.5, 0.6) is 0 Å². The second kappa shape index (κ2) is 9.05. The predicted octanol–water partition coefficient (Wildman–Crippen LogP) is 3.39. The topological polar surface area (TPSA) is 30.5 Å². The Kier molecular flexibility index (Phi) is 8.05. The Hall–Kier alpha value is 0.0600. The SMILES string of the molecule is CCOC(CCNCc1ccc(Br)s1)OCC. The third-order valence-corrected chi connectivity index (χ3v) is 3.81. The summed E-state index contributed by atoms with van der Waals surface area (Å²) in [5.41, 5.74) is 0. The molecular formula is C12H20BrNO2S. The van der Waals surface area contributed by atoms with Gasteiger partial charge in [0.05, 0.1) is 3.79 Å². The number of thiophene rings is 1. The maximum atomic E-state index is 5.47. The molecular weight excluding hydrogens is 302 g/mol. The second-order valence-electron chi connectivity index (χ2n) is 3.51. The van der Waals surface area contributed by atoms with Gasteiger partial charge in [0.25, 0.3) is 0 Å². The number of hydrogen-bond acceptors (Lipinski definition) is 4. The van der Waals surface area contributed by atoms with E-state index in [4.69, 9.17) is 9.47 Å². The van der Waals surface area contributed by atoms with Crippen LogP contribution in [0.4, 0.5) is 0 Å². The van der Waals surface area contributed by atoms with Crippen LogP contribution in [0.3, 0.4) is 0 Å². The first kappa shape index (κ1) is 15.1. The fraction of sp³-hybridized carbons (Fsp3) is 0.667.